The number of allylic oxidation sites excluding steroid dienone is 3. The molecule has 9 nitrogen and oxygen atoms in total. The molecule has 3 rings (SSSR count). The number of rotatable bonds is 8. The summed E-state index contributed by atoms with van der Waals surface area (Å²) in [7, 11) is 1.58. The molecule has 0 aromatic heterocycles. The first-order valence-corrected chi connectivity index (χ1v) is 14.1. The minimum atomic E-state index is -1.14. The molecule has 1 N–H and O–H groups in total. The SMILES string of the molecule is COc1ccc(COC(=O)C/C(C)=C/[C@@H](O)[C@H]2O[C@H]3CC/C(Cl)=C\C/C=C(/C)[C@H](OC(C)=O)CC(=O)O[C@@H]2C3)cc1. The van der Waals surface area contributed by atoms with Crippen LogP contribution in [0.1, 0.15) is 64.9 Å². The van der Waals surface area contributed by atoms with Crippen molar-refractivity contribution in [2.75, 3.05) is 7.11 Å². The number of halogens is 1. The van der Waals surface area contributed by atoms with Crippen molar-refractivity contribution in [3.05, 3.63) is 64.2 Å². The maximum atomic E-state index is 12.9. The van der Waals surface area contributed by atoms with E-state index in [2.05, 4.69) is 0 Å². The van der Waals surface area contributed by atoms with Crippen molar-refractivity contribution in [1.82, 2.24) is 0 Å². The molecule has 0 aliphatic carbocycles. The minimum absolute atomic E-state index is 0.0239. The van der Waals surface area contributed by atoms with Crippen molar-refractivity contribution in [1.29, 1.82) is 0 Å². The summed E-state index contributed by atoms with van der Waals surface area (Å²) in [6, 6.07) is 7.20. The molecule has 1 saturated heterocycles. The van der Waals surface area contributed by atoms with Crippen molar-refractivity contribution in [2.45, 2.75) is 96.4 Å². The summed E-state index contributed by atoms with van der Waals surface area (Å²) in [5.41, 5.74) is 2.12. The maximum absolute atomic E-state index is 12.9. The Morgan fingerprint density at radius 2 is 1.93 bits per heavy atom. The number of hydrogen-bond acceptors (Lipinski definition) is 9. The third kappa shape index (κ3) is 10.6. The van der Waals surface area contributed by atoms with Crippen LogP contribution in [0.3, 0.4) is 0 Å². The second-order valence-electron chi connectivity index (χ2n) is 10.4. The van der Waals surface area contributed by atoms with Crippen molar-refractivity contribution < 1.29 is 43.2 Å². The average molecular weight is 591 g/mol. The molecular weight excluding hydrogens is 552 g/mol. The fourth-order valence-corrected chi connectivity index (χ4v) is 4.94. The van der Waals surface area contributed by atoms with E-state index < -0.39 is 42.3 Å². The van der Waals surface area contributed by atoms with E-state index in [1.54, 1.807) is 33.1 Å². The molecule has 0 saturated carbocycles. The maximum Gasteiger partial charge on any atom is 0.310 e. The van der Waals surface area contributed by atoms with Gasteiger partial charge in [0.25, 0.3) is 0 Å². The van der Waals surface area contributed by atoms with Gasteiger partial charge in [0.2, 0.25) is 0 Å². The topological polar surface area (TPSA) is 118 Å². The average Bonchev–Trinajstić information content (AvgIpc) is 3.32. The van der Waals surface area contributed by atoms with Crippen LogP contribution in [-0.4, -0.2) is 60.6 Å². The van der Waals surface area contributed by atoms with Gasteiger partial charge in [-0.05, 0) is 56.4 Å². The van der Waals surface area contributed by atoms with E-state index in [0.29, 0.717) is 47.6 Å². The molecule has 2 aliphatic rings. The summed E-state index contributed by atoms with van der Waals surface area (Å²) in [6.45, 7) is 4.89. The summed E-state index contributed by atoms with van der Waals surface area (Å²) in [6.07, 6.45) is 3.34. The van der Waals surface area contributed by atoms with Gasteiger partial charge in [0, 0.05) is 18.4 Å². The van der Waals surface area contributed by atoms with E-state index in [1.165, 1.54) is 13.0 Å². The first kappa shape index (κ1) is 32.4. The van der Waals surface area contributed by atoms with Gasteiger partial charge in [0.15, 0.2) is 0 Å². The Morgan fingerprint density at radius 3 is 2.61 bits per heavy atom. The molecule has 1 aromatic rings. The Hall–Kier alpha value is -3.14. The van der Waals surface area contributed by atoms with Crippen LogP contribution in [0.2, 0.25) is 0 Å². The van der Waals surface area contributed by atoms with E-state index in [-0.39, 0.29) is 25.6 Å². The van der Waals surface area contributed by atoms with Crippen LogP contribution in [0.25, 0.3) is 0 Å². The summed E-state index contributed by atoms with van der Waals surface area (Å²) in [5, 5.41) is 11.7. The van der Waals surface area contributed by atoms with Crippen LogP contribution in [0.5, 0.6) is 5.75 Å². The highest BCUT2D eigenvalue weighted by Crippen LogP contribution is 2.32. The lowest BCUT2D eigenvalue weighted by Crippen LogP contribution is -2.37. The molecule has 2 heterocycles. The van der Waals surface area contributed by atoms with Crippen molar-refractivity contribution in [2.24, 2.45) is 0 Å². The number of aliphatic hydroxyl groups excluding tert-OH is 1. The number of esters is 3. The van der Waals surface area contributed by atoms with Gasteiger partial charge < -0.3 is 28.8 Å². The van der Waals surface area contributed by atoms with Gasteiger partial charge in [-0.15, -0.1) is 0 Å². The first-order valence-electron chi connectivity index (χ1n) is 13.7. The highest BCUT2D eigenvalue weighted by molar-refractivity contribution is 6.29. The lowest BCUT2D eigenvalue weighted by Gasteiger charge is -2.24. The Kier molecular flexibility index (Phi) is 12.4. The standard InChI is InChI=1S/C31H39ClO9/c1-19(15-29(35)38-18-22-8-11-24(37-4)12-9-22)14-26(34)31-28-16-25(40-31)13-10-23(32)7-5-6-20(2)27(39-21(3)33)17-30(36)41-28/h6-9,11-12,14,25-28,31,34H,5,10,13,15-18H2,1-4H3/b19-14+,20-6-,23-7+/t25-,26+,27+,28+,31+/m0/s1. The Bertz CT molecular complexity index is 1150. The molecular formula is C31H39ClO9. The minimum Gasteiger partial charge on any atom is -0.497 e. The molecule has 41 heavy (non-hydrogen) atoms. The second-order valence-corrected chi connectivity index (χ2v) is 10.8. The van der Waals surface area contributed by atoms with Gasteiger partial charge in [0.05, 0.1) is 26.1 Å². The Morgan fingerprint density at radius 1 is 1.20 bits per heavy atom. The normalized spacial score (nSPS) is 27.3. The molecule has 0 unspecified atom stereocenters. The van der Waals surface area contributed by atoms with Gasteiger partial charge in [-0.2, -0.15) is 0 Å². The fourth-order valence-electron chi connectivity index (χ4n) is 4.74. The van der Waals surface area contributed by atoms with Crippen LogP contribution in [0.4, 0.5) is 0 Å². The summed E-state index contributed by atoms with van der Waals surface area (Å²) < 4.78 is 27.7. The lowest BCUT2D eigenvalue weighted by molar-refractivity contribution is -0.159. The zero-order valence-corrected chi connectivity index (χ0v) is 24.7. The lowest BCUT2D eigenvalue weighted by atomic mass is 10.0. The molecule has 0 radical (unpaired) electrons. The monoisotopic (exact) mass is 590 g/mol. The van der Waals surface area contributed by atoms with Crippen LogP contribution in [0, 0.1) is 0 Å². The number of carbonyl (C=O) groups is 3. The summed E-state index contributed by atoms with van der Waals surface area (Å²) >= 11 is 6.41. The van der Waals surface area contributed by atoms with Gasteiger partial charge in [0.1, 0.15) is 36.8 Å². The fraction of sp³-hybridized carbons (Fsp3) is 0.516. The summed E-state index contributed by atoms with van der Waals surface area (Å²) in [5.74, 6) is -0.806. The molecule has 1 aromatic carbocycles. The number of hydrogen-bond donors (Lipinski definition) is 1. The number of benzene rings is 1. The number of carbonyl (C=O) groups excluding carboxylic acids is 3. The van der Waals surface area contributed by atoms with Gasteiger partial charge in [-0.25, -0.2) is 0 Å². The second kappa shape index (κ2) is 15.7. The third-order valence-corrected chi connectivity index (χ3v) is 7.26. The van der Waals surface area contributed by atoms with E-state index in [0.717, 1.165) is 5.56 Å². The van der Waals surface area contributed by atoms with Crippen molar-refractivity contribution >= 4 is 29.5 Å². The zero-order chi connectivity index (χ0) is 29.9. The van der Waals surface area contributed by atoms with Crippen LogP contribution >= 0.6 is 11.6 Å². The van der Waals surface area contributed by atoms with Gasteiger partial charge in [-0.3, -0.25) is 14.4 Å². The third-order valence-electron chi connectivity index (χ3n) is 6.92. The van der Waals surface area contributed by atoms with Crippen molar-refractivity contribution in [3.8, 4) is 5.75 Å². The molecule has 2 bridgehead atoms. The molecule has 2 aliphatic heterocycles. The quantitative estimate of drug-likeness (QED) is 0.251. The van der Waals surface area contributed by atoms with Crippen LogP contribution in [0.15, 0.2) is 58.7 Å². The summed E-state index contributed by atoms with van der Waals surface area (Å²) in [4.78, 5) is 36.9. The van der Waals surface area contributed by atoms with E-state index in [9.17, 15) is 19.5 Å². The van der Waals surface area contributed by atoms with Crippen LogP contribution < -0.4 is 4.74 Å². The van der Waals surface area contributed by atoms with E-state index in [1.807, 2.05) is 24.3 Å². The number of aliphatic hydroxyl groups is 1. The first-order chi connectivity index (χ1) is 19.5. The highest BCUT2D eigenvalue weighted by atomic mass is 35.5. The van der Waals surface area contributed by atoms with E-state index >= 15 is 0 Å². The molecule has 0 spiro atoms. The molecule has 5 atom stereocenters. The molecule has 224 valence electrons. The highest BCUT2D eigenvalue weighted by Gasteiger charge is 2.41. The number of fused-ring (bicyclic) bond motifs is 2. The number of methoxy groups -OCH3 is 1. The Balaban J connectivity index is 1.66. The molecule has 0 amide bonds. The predicted octanol–water partition coefficient (Wildman–Crippen LogP) is 5.08. The van der Waals surface area contributed by atoms with Crippen LogP contribution in [-0.2, 0) is 39.9 Å². The molecule has 10 heteroatoms. The predicted molar refractivity (Wildman–Crippen MR) is 152 cm³/mol. The Labute approximate surface area is 246 Å². The number of ether oxygens (including phenoxy) is 5. The van der Waals surface area contributed by atoms with E-state index in [4.69, 9.17) is 35.3 Å². The van der Waals surface area contributed by atoms with Gasteiger partial charge >= 0.3 is 17.9 Å². The van der Waals surface area contributed by atoms with Gasteiger partial charge in [-0.1, -0.05) is 47.5 Å². The smallest absolute Gasteiger partial charge is 0.310 e. The molecule has 1 fully saturated rings. The van der Waals surface area contributed by atoms with Crippen molar-refractivity contribution in [3.63, 3.8) is 0 Å². The zero-order valence-electron chi connectivity index (χ0n) is 24.0. The largest absolute Gasteiger partial charge is 0.497 e.